The van der Waals surface area contributed by atoms with Crippen molar-refractivity contribution in [3.8, 4) is 5.13 Å². The number of methoxy groups -OCH3 is 1. The van der Waals surface area contributed by atoms with Crippen molar-refractivity contribution in [1.29, 1.82) is 0 Å². The standard InChI is InChI=1S/C11H9N3O3S2/c1-17-5-7-6-4-8(10(15)16)19-9(6)14(13-7)11-12-2-3-18-11/h2-4H,5H2,1H3,(H,15,16). The fourth-order valence-electron chi connectivity index (χ4n) is 1.76. The lowest BCUT2D eigenvalue weighted by atomic mass is 10.3. The lowest BCUT2D eigenvalue weighted by Crippen LogP contribution is -1.97. The molecule has 0 unspecified atom stereocenters. The molecule has 98 valence electrons. The van der Waals surface area contributed by atoms with Crippen LogP contribution < -0.4 is 0 Å². The van der Waals surface area contributed by atoms with E-state index in [0.717, 1.165) is 15.9 Å². The van der Waals surface area contributed by atoms with Crippen molar-refractivity contribution < 1.29 is 14.6 Å². The van der Waals surface area contributed by atoms with Crippen molar-refractivity contribution in [1.82, 2.24) is 14.8 Å². The highest BCUT2D eigenvalue weighted by molar-refractivity contribution is 7.20. The first-order valence-corrected chi connectivity index (χ1v) is 7.04. The summed E-state index contributed by atoms with van der Waals surface area (Å²) in [5.41, 5.74) is 0.719. The van der Waals surface area contributed by atoms with Crippen molar-refractivity contribution in [3.63, 3.8) is 0 Å². The minimum atomic E-state index is -0.935. The number of carboxylic acid groups (broad SMARTS) is 1. The van der Waals surface area contributed by atoms with Gasteiger partial charge in [0.15, 0.2) is 0 Å². The van der Waals surface area contributed by atoms with Gasteiger partial charge in [-0.05, 0) is 6.07 Å². The van der Waals surface area contributed by atoms with Gasteiger partial charge in [0.2, 0.25) is 5.13 Å². The zero-order valence-electron chi connectivity index (χ0n) is 9.86. The molecule has 0 radical (unpaired) electrons. The number of carboxylic acids is 1. The van der Waals surface area contributed by atoms with Gasteiger partial charge >= 0.3 is 5.97 Å². The number of ether oxygens (including phenoxy) is 1. The third-order valence-corrected chi connectivity index (χ3v) is 4.37. The highest BCUT2D eigenvalue weighted by Gasteiger charge is 2.19. The van der Waals surface area contributed by atoms with Crippen molar-refractivity contribution in [2.45, 2.75) is 6.61 Å². The van der Waals surface area contributed by atoms with Crippen LogP contribution in [0.4, 0.5) is 0 Å². The zero-order valence-corrected chi connectivity index (χ0v) is 11.5. The Labute approximate surface area is 115 Å². The molecule has 19 heavy (non-hydrogen) atoms. The molecule has 0 spiro atoms. The summed E-state index contributed by atoms with van der Waals surface area (Å²) in [5.74, 6) is -0.935. The van der Waals surface area contributed by atoms with Crippen LogP contribution in [0.15, 0.2) is 17.6 Å². The Morgan fingerprint density at radius 3 is 3.05 bits per heavy atom. The molecule has 0 saturated heterocycles. The topological polar surface area (TPSA) is 77.2 Å². The van der Waals surface area contributed by atoms with Crippen molar-refractivity contribution in [3.05, 3.63) is 28.2 Å². The van der Waals surface area contributed by atoms with Crippen LogP contribution in [-0.4, -0.2) is 33.0 Å². The molecular formula is C11H9N3O3S2. The molecule has 1 N–H and O–H groups in total. The molecule has 3 rings (SSSR count). The second-order valence-electron chi connectivity index (χ2n) is 3.74. The molecule has 3 aromatic rings. The predicted octanol–water partition coefficient (Wildman–Crippen LogP) is 2.39. The first kappa shape index (κ1) is 12.3. The smallest absolute Gasteiger partial charge is 0.345 e. The Hall–Kier alpha value is -1.77. The number of aromatic carboxylic acids is 1. The van der Waals surface area contributed by atoms with Gasteiger partial charge in [0, 0.05) is 24.1 Å². The lowest BCUT2D eigenvalue weighted by Gasteiger charge is -1.96. The number of thiazole rings is 1. The van der Waals surface area contributed by atoms with Gasteiger partial charge in [0.1, 0.15) is 9.71 Å². The minimum Gasteiger partial charge on any atom is -0.477 e. The summed E-state index contributed by atoms with van der Waals surface area (Å²) in [5, 5.41) is 16.9. The van der Waals surface area contributed by atoms with E-state index in [2.05, 4.69) is 10.1 Å². The first-order chi connectivity index (χ1) is 9.20. The van der Waals surface area contributed by atoms with Crippen LogP contribution in [0.25, 0.3) is 15.3 Å². The van der Waals surface area contributed by atoms with Gasteiger partial charge in [-0.3, -0.25) is 0 Å². The average Bonchev–Trinajstić information content (AvgIpc) is 3.05. The maximum Gasteiger partial charge on any atom is 0.345 e. The molecule has 0 saturated carbocycles. The summed E-state index contributed by atoms with van der Waals surface area (Å²) in [6.07, 6.45) is 1.69. The van der Waals surface area contributed by atoms with Gasteiger partial charge in [-0.25, -0.2) is 9.78 Å². The Balaban J connectivity index is 2.24. The molecule has 6 nitrogen and oxygen atoms in total. The Bertz CT molecular complexity index is 730. The van der Waals surface area contributed by atoms with Crippen LogP contribution in [0.3, 0.4) is 0 Å². The molecule has 0 aliphatic carbocycles. The molecule has 8 heteroatoms. The highest BCUT2D eigenvalue weighted by Crippen LogP contribution is 2.31. The summed E-state index contributed by atoms with van der Waals surface area (Å²) in [6, 6.07) is 1.63. The van der Waals surface area contributed by atoms with Crippen molar-refractivity contribution in [2.24, 2.45) is 0 Å². The molecule has 0 aliphatic heterocycles. The van der Waals surface area contributed by atoms with E-state index in [4.69, 9.17) is 9.84 Å². The maximum absolute atomic E-state index is 11.1. The van der Waals surface area contributed by atoms with E-state index < -0.39 is 5.97 Å². The molecular weight excluding hydrogens is 286 g/mol. The van der Waals surface area contributed by atoms with Gasteiger partial charge in [-0.2, -0.15) is 9.78 Å². The van der Waals surface area contributed by atoms with E-state index in [1.54, 1.807) is 24.1 Å². The first-order valence-electron chi connectivity index (χ1n) is 5.34. The molecule has 3 heterocycles. The number of nitrogens with zero attached hydrogens (tertiary/aromatic N) is 3. The van der Waals surface area contributed by atoms with Crippen molar-refractivity contribution >= 4 is 38.9 Å². The Morgan fingerprint density at radius 2 is 2.42 bits per heavy atom. The average molecular weight is 295 g/mol. The molecule has 0 fully saturated rings. The summed E-state index contributed by atoms with van der Waals surface area (Å²) < 4.78 is 6.77. The largest absolute Gasteiger partial charge is 0.477 e. The van der Waals surface area contributed by atoms with E-state index in [0.29, 0.717) is 11.7 Å². The molecule has 3 aromatic heterocycles. The second-order valence-corrected chi connectivity index (χ2v) is 5.64. The van der Waals surface area contributed by atoms with Crippen LogP contribution in [0.2, 0.25) is 0 Å². The van der Waals surface area contributed by atoms with Crippen molar-refractivity contribution in [2.75, 3.05) is 7.11 Å². The number of aromatic nitrogens is 3. The summed E-state index contributed by atoms with van der Waals surface area (Å²) in [4.78, 5) is 16.3. The molecule has 0 atom stereocenters. The van der Waals surface area contributed by atoms with Gasteiger partial charge in [-0.1, -0.05) is 0 Å². The third-order valence-electron chi connectivity index (χ3n) is 2.53. The van der Waals surface area contributed by atoms with Crippen LogP contribution in [0.5, 0.6) is 0 Å². The minimum absolute atomic E-state index is 0.287. The van der Waals surface area contributed by atoms with Gasteiger partial charge in [0.05, 0.1) is 12.3 Å². The van der Waals surface area contributed by atoms with E-state index in [9.17, 15) is 4.79 Å². The summed E-state index contributed by atoms with van der Waals surface area (Å²) >= 11 is 2.64. The highest BCUT2D eigenvalue weighted by atomic mass is 32.1. The fourth-order valence-corrected chi connectivity index (χ4v) is 3.39. The number of rotatable bonds is 4. The molecule has 0 bridgehead atoms. The quantitative estimate of drug-likeness (QED) is 0.799. The zero-order chi connectivity index (χ0) is 13.4. The number of hydrogen-bond donors (Lipinski definition) is 1. The van der Waals surface area contributed by atoms with Crippen LogP contribution in [0, 0.1) is 0 Å². The van der Waals surface area contributed by atoms with E-state index >= 15 is 0 Å². The monoisotopic (exact) mass is 295 g/mol. The van der Waals surface area contributed by atoms with Crippen LogP contribution >= 0.6 is 22.7 Å². The van der Waals surface area contributed by atoms with Gasteiger partial charge in [0.25, 0.3) is 0 Å². The van der Waals surface area contributed by atoms with Crippen LogP contribution in [0.1, 0.15) is 15.4 Å². The molecule has 0 aliphatic rings. The molecule has 0 amide bonds. The van der Waals surface area contributed by atoms with E-state index in [1.165, 1.54) is 22.7 Å². The van der Waals surface area contributed by atoms with E-state index in [-0.39, 0.29) is 4.88 Å². The summed E-state index contributed by atoms with van der Waals surface area (Å²) in [7, 11) is 1.58. The lowest BCUT2D eigenvalue weighted by molar-refractivity contribution is 0.0702. The molecule has 0 aromatic carbocycles. The van der Waals surface area contributed by atoms with Crippen LogP contribution in [-0.2, 0) is 11.3 Å². The third kappa shape index (κ3) is 2.03. The fraction of sp³-hybridized carbons (Fsp3) is 0.182. The predicted molar refractivity (Wildman–Crippen MR) is 72.3 cm³/mol. The number of hydrogen-bond acceptors (Lipinski definition) is 6. The van der Waals surface area contributed by atoms with Gasteiger partial charge < -0.3 is 9.84 Å². The number of fused-ring (bicyclic) bond motifs is 1. The maximum atomic E-state index is 11.1. The van der Waals surface area contributed by atoms with E-state index in [1.807, 2.05) is 5.38 Å². The number of carbonyl (C=O) groups is 1. The normalized spacial score (nSPS) is 11.2. The number of thiophene rings is 1. The Morgan fingerprint density at radius 1 is 1.58 bits per heavy atom. The summed E-state index contributed by atoms with van der Waals surface area (Å²) in [6.45, 7) is 0.338. The Kier molecular flexibility index (Phi) is 3.05. The second kappa shape index (κ2) is 4.72. The van der Waals surface area contributed by atoms with Gasteiger partial charge in [-0.15, -0.1) is 22.7 Å². The SMILES string of the molecule is COCc1nn(-c2nccs2)c2sc(C(=O)O)cc12.